The van der Waals surface area contributed by atoms with Crippen LogP contribution in [0.3, 0.4) is 0 Å². The zero-order valence-corrected chi connectivity index (χ0v) is 16.8. The first-order valence-corrected chi connectivity index (χ1v) is 11.1. The smallest absolute Gasteiger partial charge is 0.465 e. The molecule has 16 heteroatoms. The Morgan fingerprint density at radius 1 is 0.889 bits per heavy atom. The van der Waals surface area contributed by atoms with Crippen molar-refractivity contribution in [1.29, 1.82) is 0 Å². The van der Waals surface area contributed by atoms with E-state index in [1.165, 1.54) is 25.7 Å². The van der Waals surface area contributed by atoms with Crippen LogP contribution in [0.15, 0.2) is 0 Å². The Kier molecular flexibility index (Phi) is 12.7. The van der Waals surface area contributed by atoms with Gasteiger partial charge in [0.15, 0.2) is 0 Å². The van der Waals surface area contributed by atoms with Crippen molar-refractivity contribution in [2.75, 3.05) is 12.8 Å². The van der Waals surface area contributed by atoms with E-state index < -0.39 is 35.2 Å². The molecule has 0 aliphatic rings. The molecule has 1 unspecified atom stereocenters. The highest BCUT2D eigenvalue weighted by atomic mass is 32.3. The van der Waals surface area contributed by atoms with Crippen LogP contribution in [0.2, 0.25) is 0 Å². The predicted octanol–water partition coefficient (Wildman–Crippen LogP) is 2.65. The van der Waals surface area contributed by atoms with Crippen LogP contribution >= 0.6 is 9.24 Å². The van der Waals surface area contributed by atoms with Crippen LogP contribution in [-0.2, 0) is 29.6 Å². The zero-order chi connectivity index (χ0) is 21.9. The molecule has 0 spiro atoms. The minimum Gasteiger partial charge on any atom is -0.465 e. The number of alkyl halides is 6. The Morgan fingerprint density at radius 2 is 1.30 bits per heavy atom. The van der Waals surface area contributed by atoms with E-state index in [9.17, 15) is 48.0 Å². The minimum atomic E-state index is -6.60. The number of rotatable bonds is 9. The molecule has 1 atom stereocenters. The quantitative estimate of drug-likeness (QED) is 0.240. The summed E-state index contributed by atoms with van der Waals surface area (Å²) in [4.78, 5) is 10.7. The van der Waals surface area contributed by atoms with Gasteiger partial charge in [0.25, 0.3) is 0 Å². The average Bonchev–Trinajstić information content (AvgIpc) is 2.47. The lowest BCUT2D eigenvalue weighted by molar-refractivity contribution is -0.140. The summed E-state index contributed by atoms with van der Waals surface area (Å²) >= 11 is 0. The molecule has 164 valence electrons. The van der Waals surface area contributed by atoms with E-state index in [-0.39, 0.29) is 5.97 Å². The first-order valence-electron chi connectivity index (χ1n) is 7.28. The van der Waals surface area contributed by atoms with E-state index in [2.05, 4.69) is 16.2 Å². The topological polar surface area (TPSA) is 107 Å². The fraction of sp³-hybridized carbons (Fsp3) is 0.909. The molecule has 0 aliphatic heterocycles. The van der Waals surface area contributed by atoms with Crippen LogP contribution in [0.1, 0.15) is 39.0 Å². The molecule has 0 heterocycles. The van der Waals surface area contributed by atoms with Crippen molar-refractivity contribution in [3.8, 4) is 0 Å². The second kappa shape index (κ2) is 12.0. The van der Waals surface area contributed by atoms with Crippen LogP contribution < -0.4 is 4.13 Å². The molecular weight excluding hydrogens is 451 g/mol. The van der Waals surface area contributed by atoms with Crippen LogP contribution in [0.5, 0.6) is 0 Å². The van der Waals surface area contributed by atoms with Gasteiger partial charge in [0, 0.05) is 0 Å². The highest BCUT2D eigenvalue weighted by Crippen LogP contribution is 2.27. The summed E-state index contributed by atoms with van der Waals surface area (Å²) in [6.07, 6.45) is 6.40. The maximum atomic E-state index is 11.5. The molecule has 0 fully saturated rings. The summed E-state index contributed by atoms with van der Waals surface area (Å²) in [7, 11) is -10.8. The molecule has 0 aromatic heterocycles. The van der Waals surface area contributed by atoms with Crippen molar-refractivity contribution in [1.82, 2.24) is 4.13 Å². The van der Waals surface area contributed by atoms with Crippen molar-refractivity contribution >= 4 is 35.3 Å². The Morgan fingerprint density at radius 3 is 1.63 bits per heavy atom. The summed E-state index contributed by atoms with van der Waals surface area (Å²) in [5.74, 6) is -0.115. The van der Waals surface area contributed by atoms with Crippen molar-refractivity contribution in [2.45, 2.75) is 50.0 Å². The molecule has 0 saturated carbocycles. The molecule has 0 aliphatic carbocycles. The van der Waals surface area contributed by atoms with Gasteiger partial charge in [-0.25, -0.2) is 16.8 Å². The Labute approximate surface area is 155 Å². The molecule has 7 nitrogen and oxygen atoms in total. The van der Waals surface area contributed by atoms with Gasteiger partial charge in [-0.2, -0.15) is 26.3 Å². The molecule has 0 aromatic carbocycles. The third kappa shape index (κ3) is 12.4. The first kappa shape index (κ1) is 28.5. The average molecular weight is 471 g/mol. The number of ether oxygens (including phenoxy) is 1. The number of nitrogens with one attached hydrogen (secondary N) is 1. The van der Waals surface area contributed by atoms with Gasteiger partial charge in [0.05, 0.1) is 12.8 Å². The molecule has 0 saturated heterocycles. The van der Waals surface area contributed by atoms with Gasteiger partial charge in [0.2, 0.25) is 0 Å². The number of halogens is 6. The molecule has 0 radical (unpaired) electrons. The van der Waals surface area contributed by atoms with E-state index in [0.717, 1.165) is 6.42 Å². The Hall–Kier alpha value is -0.660. The molecule has 1 N–H and O–H groups in total. The lowest BCUT2D eigenvalue weighted by Crippen LogP contribution is -2.45. The fourth-order valence-corrected chi connectivity index (χ4v) is 3.22. The Bertz CT molecular complexity index is 605. The maximum absolute atomic E-state index is 11.5. The zero-order valence-electron chi connectivity index (χ0n) is 14.1. The highest BCUT2D eigenvalue weighted by Gasteiger charge is 2.55. The highest BCUT2D eigenvalue weighted by molar-refractivity contribution is 8.05. The monoisotopic (exact) mass is 471 g/mol. The van der Waals surface area contributed by atoms with E-state index in [0.29, 0.717) is 12.8 Å². The number of hydrogen-bond acceptors (Lipinski definition) is 6. The lowest BCUT2D eigenvalue weighted by Gasteiger charge is -2.11. The fourth-order valence-electron chi connectivity index (χ4n) is 1.19. The van der Waals surface area contributed by atoms with Crippen molar-refractivity contribution < 1.29 is 52.7 Å². The molecule has 0 rings (SSSR count). The standard InChI is InChI=1S/C9H19O2P.C2HF6NO4S2/c1-2-3-4-5-6-7-11-9(10)8-12;3-1(4,5)14(10,11)9-15(12,13)2(6,7)8/h2-8,12H2,1H3;9H. The number of esters is 1. The molecular formula is C11H20F6NO6PS2. The van der Waals surface area contributed by atoms with Gasteiger partial charge in [0.1, 0.15) is 0 Å². The third-order valence-corrected chi connectivity index (χ3v) is 5.81. The van der Waals surface area contributed by atoms with Crippen LogP contribution in [0.25, 0.3) is 0 Å². The van der Waals surface area contributed by atoms with Crippen LogP contribution in [-0.4, -0.2) is 46.6 Å². The van der Waals surface area contributed by atoms with E-state index >= 15 is 0 Å². The van der Waals surface area contributed by atoms with E-state index in [4.69, 9.17) is 4.74 Å². The molecule has 0 aromatic rings. The summed E-state index contributed by atoms with van der Waals surface area (Å²) in [5.41, 5.74) is -12.3. The predicted molar refractivity (Wildman–Crippen MR) is 87.4 cm³/mol. The normalized spacial score (nSPS) is 12.9. The van der Waals surface area contributed by atoms with Gasteiger partial charge in [-0.05, 0) is 6.42 Å². The van der Waals surface area contributed by atoms with Crippen molar-refractivity contribution in [3.63, 3.8) is 0 Å². The van der Waals surface area contributed by atoms with Crippen LogP contribution in [0.4, 0.5) is 26.3 Å². The number of hydrogen-bond donors (Lipinski definition) is 1. The van der Waals surface area contributed by atoms with Gasteiger partial charge < -0.3 is 4.74 Å². The van der Waals surface area contributed by atoms with E-state index in [1.54, 1.807) is 0 Å². The number of carbonyl (C=O) groups excluding carboxylic acids is 1. The van der Waals surface area contributed by atoms with E-state index in [1.807, 2.05) is 0 Å². The number of sulfonamides is 2. The van der Waals surface area contributed by atoms with Crippen molar-refractivity contribution in [3.05, 3.63) is 0 Å². The molecule has 27 heavy (non-hydrogen) atoms. The van der Waals surface area contributed by atoms with Gasteiger partial charge in [-0.15, -0.1) is 9.24 Å². The Balaban J connectivity index is 0. The second-order valence-electron chi connectivity index (χ2n) is 4.82. The largest absolute Gasteiger partial charge is 0.512 e. The maximum Gasteiger partial charge on any atom is 0.512 e. The third-order valence-electron chi connectivity index (χ3n) is 2.51. The molecule has 0 bridgehead atoms. The minimum absolute atomic E-state index is 0.115. The number of unbranched alkanes of at least 4 members (excludes halogenated alkanes) is 4. The summed E-state index contributed by atoms with van der Waals surface area (Å²) in [6.45, 7) is 2.78. The van der Waals surface area contributed by atoms with Crippen molar-refractivity contribution in [2.24, 2.45) is 0 Å². The van der Waals surface area contributed by atoms with Gasteiger partial charge in [-0.3, -0.25) is 4.79 Å². The molecule has 0 amide bonds. The summed E-state index contributed by atoms with van der Waals surface area (Å²) in [5, 5.41) is 0. The SMILES string of the molecule is CCCCCCCOC(=O)CP.O=S(=O)(NS(=O)(=O)C(F)(F)F)C(F)(F)F. The number of carbonyl (C=O) groups is 1. The second-order valence-corrected chi connectivity index (χ2v) is 8.83. The summed E-state index contributed by atoms with van der Waals surface area (Å²) < 4.78 is 113. The summed E-state index contributed by atoms with van der Waals surface area (Å²) in [6, 6.07) is 0. The van der Waals surface area contributed by atoms with Gasteiger partial charge >= 0.3 is 37.0 Å². The first-order chi connectivity index (χ1) is 12.0. The lowest BCUT2D eigenvalue weighted by atomic mass is 10.2. The van der Waals surface area contributed by atoms with Gasteiger partial charge in [-0.1, -0.05) is 36.7 Å². The van der Waals surface area contributed by atoms with Crippen LogP contribution in [0, 0.1) is 0 Å².